The Balaban J connectivity index is 1.75. The van der Waals surface area contributed by atoms with E-state index >= 15 is 0 Å². The number of hydrogen-bond acceptors (Lipinski definition) is 6. The molecule has 0 amide bonds. The van der Waals surface area contributed by atoms with E-state index in [0.717, 1.165) is 29.4 Å². The molecule has 2 aromatic heterocycles. The largest absolute Gasteiger partial charge is 0.465 e. The molecule has 4 rings (SSSR count). The SMILES string of the molecule is COC(=O)c1c(C)n(C2CC2)c2ccc(OC(=O)c3c(C)noc3C(C)C)cc12. The van der Waals surface area contributed by atoms with Gasteiger partial charge in [0.1, 0.15) is 11.3 Å². The van der Waals surface area contributed by atoms with Gasteiger partial charge in [0.15, 0.2) is 5.76 Å². The van der Waals surface area contributed by atoms with E-state index in [0.29, 0.717) is 34.4 Å². The van der Waals surface area contributed by atoms with Gasteiger partial charge < -0.3 is 18.6 Å². The van der Waals surface area contributed by atoms with Crippen molar-refractivity contribution in [2.75, 3.05) is 7.11 Å². The molecule has 1 fully saturated rings. The van der Waals surface area contributed by atoms with Crippen LogP contribution in [0.1, 0.15) is 76.5 Å². The maximum Gasteiger partial charge on any atom is 0.349 e. The van der Waals surface area contributed by atoms with Crippen LogP contribution in [0.3, 0.4) is 0 Å². The fourth-order valence-electron chi connectivity index (χ4n) is 3.84. The van der Waals surface area contributed by atoms with Crippen molar-refractivity contribution in [3.05, 3.63) is 46.5 Å². The van der Waals surface area contributed by atoms with Gasteiger partial charge in [-0.2, -0.15) is 0 Å². The maximum absolute atomic E-state index is 12.8. The molecular weight excluding hydrogens is 372 g/mol. The highest BCUT2D eigenvalue weighted by molar-refractivity contribution is 6.06. The van der Waals surface area contributed by atoms with Gasteiger partial charge in [0, 0.05) is 28.6 Å². The predicted molar refractivity (Wildman–Crippen MR) is 107 cm³/mol. The van der Waals surface area contributed by atoms with E-state index in [9.17, 15) is 9.59 Å². The van der Waals surface area contributed by atoms with Crippen LogP contribution in [0.25, 0.3) is 10.9 Å². The predicted octanol–water partition coefficient (Wildman–Crippen LogP) is 4.71. The first-order valence-electron chi connectivity index (χ1n) is 9.74. The van der Waals surface area contributed by atoms with Gasteiger partial charge in [-0.15, -0.1) is 0 Å². The van der Waals surface area contributed by atoms with Crippen LogP contribution in [0.5, 0.6) is 5.75 Å². The summed E-state index contributed by atoms with van der Waals surface area (Å²) in [6.45, 7) is 7.49. The highest BCUT2D eigenvalue weighted by atomic mass is 16.5. The molecule has 0 aliphatic heterocycles. The number of carbonyl (C=O) groups excluding carboxylic acids is 2. The van der Waals surface area contributed by atoms with Crippen molar-refractivity contribution in [2.24, 2.45) is 0 Å². The number of rotatable bonds is 5. The Bertz CT molecular complexity index is 1120. The highest BCUT2D eigenvalue weighted by Crippen LogP contribution is 2.42. The fraction of sp³-hybridized carbons (Fsp3) is 0.409. The second kappa shape index (κ2) is 7.06. The Labute approximate surface area is 168 Å². The number of esters is 2. The Morgan fingerprint density at radius 3 is 2.52 bits per heavy atom. The molecule has 2 heterocycles. The second-order valence-corrected chi connectivity index (χ2v) is 7.78. The van der Waals surface area contributed by atoms with Crippen LogP contribution in [0, 0.1) is 13.8 Å². The third-order valence-electron chi connectivity index (χ3n) is 5.35. The van der Waals surface area contributed by atoms with Crippen LogP contribution in [0.15, 0.2) is 22.7 Å². The zero-order chi connectivity index (χ0) is 20.9. The summed E-state index contributed by atoms with van der Waals surface area (Å²) in [5.41, 5.74) is 3.16. The van der Waals surface area contributed by atoms with Gasteiger partial charge in [0.05, 0.1) is 18.4 Å². The number of fused-ring (bicyclic) bond motifs is 1. The number of nitrogens with zero attached hydrogens (tertiary/aromatic N) is 2. The molecule has 152 valence electrons. The number of hydrogen-bond donors (Lipinski definition) is 0. The summed E-state index contributed by atoms with van der Waals surface area (Å²) in [6.07, 6.45) is 2.18. The first kappa shape index (κ1) is 19.2. The Kier molecular flexibility index (Phi) is 4.68. The molecular formula is C22H24N2O5. The van der Waals surface area contributed by atoms with Gasteiger partial charge in [0.25, 0.3) is 0 Å². The standard InChI is InChI=1S/C22H24N2O5/c1-11(2)20-18(12(3)23-29-20)22(26)28-15-8-9-17-16(10-15)19(21(25)27-5)13(4)24(17)14-6-7-14/h8-11,14H,6-7H2,1-5H3. The lowest BCUT2D eigenvalue weighted by atomic mass is 10.1. The van der Waals surface area contributed by atoms with Crippen molar-refractivity contribution in [3.63, 3.8) is 0 Å². The molecule has 0 saturated heterocycles. The van der Waals surface area contributed by atoms with E-state index in [1.807, 2.05) is 26.8 Å². The zero-order valence-corrected chi connectivity index (χ0v) is 17.2. The third kappa shape index (κ3) is 3.20. The average molecular weight is 396 g/mol. The summed E-state index contributed by atoms with van der Waals surface area (Å²) < 4.78 is 18.1. The van der Waals surface area contributed by atoms with Crippen molar-refractivity contribution in [1.29, 1.82) is 0 Å². The molecule has 0 N–H and O–H groups in total. The first-order valence-corrected chi connectivity index (χ1v) is 9.74. The Morgan fingerprint density at radius 1 is 1.17 bits per heavy atom. The van der Waals surface area contributed by atoms with E-state index in [1.54, 1.807) is 19.1 Å². The molecule has 0 bridgehead atoms. The van der Waals surface area contributed by atoms with Gasteiger partial charge in [-0.05, 0) is 44.9 Å². The average Bonchev–Trinajstić information content (AvgIpc) is 3.36. The molecule has 0 atom stereocenters. The lowest BCUT2D eigenvalue weighted by molar-refractivity contribution is 0.0601. The van der Waals surface area contributed by atoms with Gasteiger partial charge in [-0.1, -0.05) is 19.0 Å². The minimum absolute atomic E-state index is 0.00220. The van der Waals surface area contributed by atoms with Crippen molar-refractivity contribution < 1.29 is 23.6 Å². The lowest BCUT2D eigenvalue weighted by Crippen LogP contribution is -2.12. The molecule has 7 nitrogen and oxygen atoms in total. The van der Waals surface area contributed by atoms with E-state index in [2.05, 4.69) is 9.72 Å². The Hall–Kier alpha value is -3.09. The van der Waals surface area contributed by atoms with Crippen molar-refractivity contribution in [3.8, 4) is 5.75 Å². The number of carbonyl (C=O) groups is 2. The van der Waals surface area contributed by atoms with Crippen molar-refractivity contribution in [2.45, 2.75) is 52.5 Å². The van der Waals surface area contributed by atoms with Crippen molar-refractivity contribution in [1.82, 2.24) is 9.72 Å². The molecule has 1 aliphatic carbocycles. The maximum atomic E-state index is 12.8. The molecule has 0 unspecified atom stereocenters. The van der Waals surface area contributed by atoms with E-state index in [1.165, 1.54) is 7.11 Å². The van der Waals surface area contributed by atoms with E-state index < -0.39 is 11.9 Å². The van der Waals surface area contributed by atoms with Crippen molar-refractivity contribution >= 4 is 22.8 Å². The van der Waals surface area contributed by atoms with E-state index in [4.69, 9.17) is 14.0 Å². The van der Waals surface area contributed by atoms with Gasteiger partial charge in [0.2, 0.25) is 0 Å². The number of aryl methyl sites for hydroxylation is 1. The summed E-state index contributed by atoms with van der Waals surface area (Å²) >= 11 is 0. The van der Waals surface area contributed by atoms with Crippen LogP contribution < -0.4 is 4.74 Å². The number of ether oxygens (including phenoxy) is 2. The van der Waals surface area contributed by atoms with Gasteiger partial charge in [-0.25, -0.2) is 9.59 Å². The van der Waals surface area contributed by atoms with Crippen LogP contribution in [0.4, 0.5) is 0 Å². The summed E-state index contributed by atoms with van der Waals surface area (Å²) in [5, 5.41) is 4.62. The number of aromatic nitrogens is 2. The molecule has 1 saturated carbocycles. The van der Waals surface area contributed by atoms with Crippen LogP contribution in [0.2, 0.25) is 0 Å². The second-order valence-electron chi connectivity index (χ2n) is 7.78. The monoisotopic (exact) mass is 396 g/mol. The smallest absolute Gasteiger partial charge is 0.349 e. The topological polar surface area (TPSA) is 83.6 Å². The first-order chi connectivity index (χ1) is 13.8. The molecule has 1 aliphatic rings. The Morgan fingerprint density at radius 2 is 1.90 bits per heavy atom. The summed E-state index contributed by atoms with van der Waals surface area (Å²) in [6, 6.07) is 5.76. The minimum Gasteiger partial charge on any atom is -0.465 e. The summed E-state index contributed by atoms with van der Waals surface area (Å²) in [5.74, 6) is -0.0602. The normalized spacial score (nSPS) is 13.9. The van der Waals surface area contributed by atoms with E-state index in [-0.39, 0.29) is 5.92 Å². The van der Waals surface area contributed by atoms with Crippen LogP contribution in [-0.4, -0.2) is 28.8 Å². The summed E-state index contributed by atoms with van der Waals surface area (Å²) in [4.78, 5) is 25.2. The van der Waals surface area contributed by atoms with Crippen LogP contribution >= 0.6 is 0 Å². The zero-order valence-electron chi connectivity index (χ0n) is 17.2. The number of methoxy groups -OCH3 is 1. The molecule has 0 radical (unpaired) electrons. The number of benzene rings is 1. The third-order valence-corrected chi connectivity index (χ3v) is 5.35. The highest BCUT2D eigenvalue weighted by Gasteiger charge is 2.31. The fourth-order valence-corrected chi connectivity index (χ4v) is 3.84. The van der Waals surface area contributed by atoms with Gasteiger partial charge >= 0.3 is 11.9 Å². The van der Waals surface area contributed by atoms with Gasteiger partial charge in [-0.3, -0.25) is 0 Å². The quantitative estimate of drug-likeness (QED) is 0.459. The summed E-state index contributed by atoms with van der Waals surface area (Å²) in [7, 11) is 1.37. The molecule has 7 heteroatoms. The molecule has 1 aromatic carbocycles. The molecule has 3 aromatic rings. The van der Waals surface area contributed by atoms with Crippen LogP contribution in [-0.2, 0) is 4.74 Å². The minimum atomic E-state index is -0.523. The molecule has 0 spiro atoms. The molecule has 29 heavy (non-hydrogen) atoms. The lowest BCUT2D eigenvalue weighted by Gasteiger charge is -2.08.